The van der Waals surface area contributed by atoms with E-state index in [1.165, 1.54) is 0 Å². The Morgan fingerprint density at radius 2 is 2.14 bits per heavy atom. The Balaban J connectivity index is 1.72. The van der Waals surface area contributed by atoms with Crippen molar-refractivity contribution in [1.29, 1.82) is 0 Å². The number of nitrogens with zero attached hydrogens (tertiary/aromatic N) is 4. The van der Waals surface area contributed by atoms with Crippen LogP contribution in [-0.2, 0) is 0 Å². The lowest BCUT2D eigenvalue weighted by atomic mass is 10.3. The fourth-order valence-electron chi connectivity index (χ4n) is 2.74. The summed E-state index contributed by atoms with van der Waals surface area (Å²) >= 11 is 0. The van der Waals surface area contributed by atoms with Gasteiger partial charge in [0.25, 0.3) is 5.91 Å². The maximum absolute atomic E-state index is 12.6. The Hall–Kier alpha value is -1.92. The van der Waals surface area contributed by atoms with Crippen LogP contribution in [0.25, 0.3) is 5.65 Å². The van der Waals surface area contributed by atoms with Crippen LogP contribution in [0, 0.1) is 0 Å². The summed E-state index contributed by atoms with van der Waals surface area (Å²) in [5.41, 5.74) is 1.29. The van der Waals surface area contributed by atoms with Crippen molar-refractivity contribution in [1.82, 2.24) is 19.2 Å². The van der Waals surface area contributed by atoms with Gasteiger partial charge in [0, 0.05) is 38.6 Å². The van der Waals surface area contributed by atoms with Gasteiger partial charge in [0.2, 0.25) is 0 Å². The highest BCUT2D eigenvalue weighted by atomic mass is 16.3. The van der Waals surface area contributed by atoms with Gasteiger partial charge in [-0.1, -0.05) is 6.07 Å². The average molecular weight is 288 g/mol. The summed E-state index contributed by atoms with van der Waals surface area (Å²) in [6.07, 6.45) is 4.61. The number of hydrogen-bond donors (Lipinski definition) is 1. The first-order valence-electron chi connectivity index (χ1n) is 7.34. The van der Waals surface area contributed by atoms with Gasteiger partial charge in [0.1, 0.15) is 11.3 Å². The summed E-state index contributed by atoms with van der Waals surface area (Å²) in [6.45, 7) is 4.01. The standard InChI is InChI=1S/C15H20N4O2/c20-11-10-17-5-3-7-18(9-8-17)15(21)13-12-19-6-2-1-4-14(19)16-13/h1-2,4,6,12,20H,3,5,7-11H2. The minimum atomic E-state index is -0.00968. The van der Waals surface area contributed by atoms with E-state index in [-0.39, 0.29) is 12.5 Å². The van der Waals surface area contributed by atoms with Crippen LogP contribution in [0.1, 0.15) is 16.9 Å². The topological polar surface area (TPSA) is 61.1 Å². The second kappa shape index (κ2) is 6.24. The first-order chi connectivity index (χ1) is 10.3. The molecule has 3 heterocycles. The Bertz CT molecular complexity index is 592. The molecule has 6 nitrogen and oxygen atoms in total. The summed E-state index contributed by atoms with van der Waals surface area (Å²) in [7, 11) is 0. The Labute approximate surface area is 123 Å². The van der Waals surface area contributed by atoms with Crippen molar-refractivity contribution in [2.75, 3.05) is 39.3 Å². The number of carbonyl (C=O) groups is 1. The third-order valence-corrected chi connectivity index (χ3v) is 3.88. The number of aliphatic hydroxyl groups is 1. The van der Waals surface area contributed by atoms with Gasteiger partial charge in [-0.25, -0.2) is 4.98 Å². The van der Waals surface area contributed by atoms with Crippen molar-refractivity contribution >= 4 is 11.6 Å². The molecule has 3 rings (SSSR count). The smallest absolute Gasteiger partial charge is 0.274 e. The zero-order chi connectivity index (χ0) is 14.7. The predicted octanol–water partition coefficient (Wildman–Crippen LogP) is 0.474. The fraction of sp³-hybridized carbons (Fsp3) is 0.467. The van der Waals surface area contributed by atoms with Crippen LogP contribution in [0.2, 0.25) is 0 Å². The third-order valence-electron chi connectivity index (χ3n) is 3.88. The average Bonchev–Trinajstić information content (AvgIpc) is 2.80. The highest BCUT2D eigenvalue weighted by Crippen LogP contribution is 2.10. The molecule has 0 radical (unpaired) electrons. The molecule has 1 saturated heterocycles. The van der Waals surface area contributed by atoms with Gasteiger partial charge in [0.05, 0.1) is 6.61 Å². The minimum absolute atomic E-state index is 0.00968. The number of aromatic nitrogens is 2. The molecule has 2 aromatic heterocycles. The highest BCUT2D eigenvalue weighted by molar-refractivity contribution is 5.93. The molecule has 1 aliphatic heterocycles. The molecule has 1 N–H and O–H groups in total. The lowest BCUT2D eigenvalue weighted by Crippen LogP contribution is -2.36. The molecule has 112 valence electrons. The molecule has 6 heteroatoms. The molecular weight excluding hydrogens is 268 g/mol. The molecule has 2 aromatic rings. The van der Waals surface area contributed by atoms with Crippen LogP contribution < -0.4 is 0 Å². The summed E-state index contributed by atoms with van der Waals surface area (Å²) < 4.78 is 1.86. The summed E-state index contributed by atoms with van der Waals surface area (Å²) in [5, 5.41) is 9.01. The number of pyridine rings is 1. The van der Waals surface area contributed by atoms with Crippen molar-refractivity contribution in [3.63, 3.8) is 0 Å². The van der Waals surface area contributed by atoms with E-state index in [2.05, 4.69) is 9.88 Å². The van der Waals surface area contributed by atoms with Crippen molar-refractivity contribution < 1.29 is 9.90 Å². The fourth-order valence-corrected chi connectivity index (χ4v) is 2.74. The molecule has 21 heavy (non-hydrogen) atoms. The number of amides is 1. The van der Waals surface area contributed by atoms with Gasteiger partial charge in [-0.15, -0.1) is 0 Å². The van der Waals surface area contributed by atoms with Crippen molar-refractivity contribution in [2.24, 2.45) is 0 Å². The van der Waals surface area contributed by atoms with Gasteiger partial charge < -0.3 is 14.4 Å². The van der Waals surface area contributed by atoms with Crippen LogP contribution in [0.4, 0.5) is 0 Å². The van der Waals surface area contributed by atoms with Gasteiger partial charge >= 0.3 is 0 Å². The molecule has 1 fully saturated rings. The SMILES string of the molecule is O=C(c1cn2ccccc2n1)N1CCCN(CCO)CC1. The molecular formula is C15H20N4O2. The molecule has 0 atom stereocenters. The van der Waals surface area contributed by atoms with E-state index in [4.69, 9.17) is 5.11 Å². The first-order valence-corrected chi connectivity index (χ1v) is 7.34. The molecule has 0 unspecified atom stereocenters. The number of fused-ring (bicyclic) bond motifs is 1. The quantitative estimate of drug-likeness (QED) is 0.892. The van der Waals surface area contributed by atoms with Gasteiger partial charge in [-0.05, 0) is 25.1 Å². The largest absolute Gasteiger partial charge is 0.395 e. The zero-order valence-electron chi connectivity index (χ0n) is 12.0. The van der Waals surface area contributed by atoms with Gasteiger partial charge in [-0.2, -0.15) is 0 Å². The normalized spacial score (nSPS) is 17.1. The van der Waals surface area contributed by atoms with Crippen molar-refractivity contribution in [2.45, 2.75) is 6.42 Å². The van der Waals surface area contributed by atoms with Crippen LogP contribution in [0.15, 0.2) is 30.6 Å². The number of rotatable bonds is 3. The summed E-state index contributed by atoms with van der Waals surface area (Å²) in [5.74, 6) is -0.00968. The van der Waals surface area contributed by atoms with E-state index in [0.29, 0.717) is 18.8 Å². The highest BCUT2D eigenvalue weighted by Gasteiger charge is 2.21. The lowest BCUT2D eigenvalue weighted by molar-refractivity contribution is 0.0755. The zero-order valence-corrected chi connectivity index (χ0v) is 12.0. The number of β-amino-alcohol motifs (C(OH)–C–C–N with tert-alkyl or cyclic N) is 1. The van der Waals surface area contributed by atoms with Crippen LogP contribution in [0.5, 0.6) is 0 Å². The summed E-state index contributed by atoms with van der Waals surface area (Å²) in [4.78, 5) is 21.0. The van der Waals surface area contributed by atoms with Crippen molar-refractivity contribution in [3.05, 3.63) is 36.3 Å². The van der Waals surface area contributed by atoms with E-state index in [0.717, 1.165) is 31.7 Å². The number of hydrogen-bond acceptors (Lipinski definition) is 4. The molecule has 0 saturated carbocycles. The predicted molar refractivity (Wildman–Crippen MR) is 79.2 cm³/mol. The number of carbonyl (C=O) groups excluding carboxylic acids is 1. The molecule has 1 aliphatic rings. The van der Waals surface area contributed by atoms with E-state index < -0.39 is 0 Å². The van der Waals surface area contributed by atoms with Crippen LogP contribution >= 0.6 is 0 Å². The molecule has 0 spiro atoms. The van der Waals surface area contributed by atoms with E-state index >= 15 is 0 Å². The van der Waals surface area contributed by atoms with Crippen LogP contribution in [0.3, 0.4) is 0 Å². The maximum Gasteiger partial charge on any atom is 0.274 e. The Kier molecular flexibility index (Phi) is 4.17. The number of aliphatic hydroxyl groups excluding tert-OH is 1. The summed E-state index contributed by atoms with van der Waals surface area (Å²) in [6, 6.07) is 5.72. The number of imidazole rings is 1. The second-order valence-electron chi connectivity index (χ2n) is 5.30. The van der Waals surface area contributed by atoms with E-state index in [1.807, 2.05) is 33.7 Å². The van der Waals surface area contributed by atoms with E-state index in [1.54, 1.807) is 6.20 Å². The third kappa shape index (κ3) is 3.06. The first kappa shape index (κ1) is 14.0. The van der Waals surface area contributed by atoms with Gasteiger partial charge in [-0.3, -0.25) is 9.69 Å². The molecule has 0 bridgehead atoms. The molecule has 0 aromatic carbocycles. The maximum atomic E-state index is 12.6. The molecule has 0 aliphatic carbocycles. The van der Waals surface area contributed by atoms with Crippen molar-refractivity contribution in [3.8, 4) is 0 Å². The van der Waals surface area contributed by atoms with E-state index in [9.17, 15) is 4.79 Å². The van der Waals surface area contributed by atoms with Crippen LogP contribution in [-0.4, -0.2) is 69.5 Å². The van der Waals surface area contributed by atoms with Gasteiger partial charge in [0.15, 0.2) is 0 Å². The Morgan fingerprint density at radius 3 is 2.95 bits per heavy atom. The minimum Gasteiger partial charge on any atom is -0.395 e. The Morgan fingerprint density at radius 1 is 1.24 bits per heavy atom. The lowest BCUT2D eigenvalue weighted by Gasteiger charge is -2.20. The monoisotopic (exact) mass is 288 g/mol. The molecule has 1 amide bonds. The second-order valence-corrected chi connectivity index (χ2v) is 5.30.